The first-order valence-electron chi connectivity index (χ1n) is 7.13. The monoisotopic (exact) mass is 300 g/mol. The Hall–Kier alpha value is -2.49. The Labute approximate surface area is 130 Å². The fourth-order valence-electron chi connectivity index (χ4n) is 2.09. The van der Waals surface area contributed by atoms with Crippen molar-refractivity contribution in [3.05, 3.63) is 59.7 Å². The van der Waals surface area contributed by atoms with Gasteiger partial charge >= 0.3 is 5.97 Å². The number of hydrogen-bond donors (Lipinski definition) is 0. The van der Waals surface area contributed by atoms with Crippen LogP contribution in [0.15, 0.2) is 48.5 Å². The van der Waals surface area contributed by atoms with E-state index in [0.29, 0.717) is 24.3 Å². The van der Waals surface area contributed by atoms with Gasteiger partial charge < -0.3 is 14.2 Å². The minimum absolute atomic E-state index is 0.195. The van der Waals surface area contributed by atoms with Crippen molar-refractivity contribution in [2.75, 3.05) is 14.2 Å². The molecule has 0 aliphatic rings. The van der Waals surface area contributed by atoms with Gasteiger partial charge in [-0.3, -0.25) is 4.79 Å². The third kappa shape index (κ3) is 4.52. The number of carbonyl (C=O) groups is 1. The Balaban J connectivity index is 1.86. The van der Waals surface area contributed by atoms with Crippen molar-refractivity contribution in [1.29, 1.82) is 0 Å². The third-order valence-corrected chi connectivity index (χ3v) is 3.34. The maximum Gasteiger partial charge on any atom is 0.306 e. The molecular formula is C18H20O4. The molecule has 0 amide bonds. The molecular weight excluding hydrogens is 280 g/mol. The normalized spacial score (nSPS) is 10.1. The molecule has 0 spiro atoms. The number of hydrogen-bond acceptors (Lipinski definition) is 4. The maximum absolute atomic E-state index is 11.8. The molecule has 0 aromatic heterocycles. The molecule has 22 heavy (non-hydrogen) atoms. The summed E-state index contributed by atoms with van der Waals surface area (Å²) in [5, 5.41) is 0. The van der Waals surface area contributed by atoms with E-state index in [-0.39, 0.29) is 12.6 Å². The van der Waals surface area contributed by atoms with Crippen molar-refractivity contribution >= 4 is 5.97 Å². The maximum atomic E-state index is 11.8. The molecule has 4 nitrogen and oxygen atoms in total. The molecule has 0 aliphatic carbocycles. The minimum Gasteiger partial charge on any atom is -0.497 e. The number of methoxy groups -OCH3 is 2. The predicted octanol–water partition coefficient (Wildman–Crippen LogP) is 3.38. The van der Waals surface area contributed by atoms with E-state index in [1.54, 1.807) is 20.3 Å². The van der Waals surface area contributed by atoms with E-state index in [0.717, 1.165) is 11.1 Å². The molecule has 0 atom stereocenters. The van der Waals surface area contributed by atoms with Crippen LogP contribution in [0.2, 0.25) is 0 Å². The summed E-state index contributed by atoms with van der Waals surface area (Å²) in [5.74, 6) is 1.13. The molecule has 0 N–H and O–H groups in total. The average molecular weight is 300 g/mol. The number of rotatable bonds is 7. The standard InChI is InChI=1S/C18H20O4/c1-20-16-10-9-15(17(12-16)21-2)13-22-18(19)11-8-14-6-4-3-5-7-14/h3-7,9-10,12H,8,11,13H2,1-2H3. The predicted molar refractivity (Wildman–Crippen MR) is 84.1 cm³/mol. The molecule has 116 valence electrons. The second-order valence-electron chi connectivity index (χ2n) is 4.82. The van der Waals surface area contributed by atoms with Crippen LogP contribution in [0.4, 0.5) is 0 Å². The van der Waals surface area contributed by atoms with Crippen molar-refractivity contribution in [3.63, 3.8) is 0 Å². The highest BCUT2D eigenvalue weighted by molar-refractivity contribution is 5.69. The zero-order valence-electron chi connectivity index (χ0n) is 12.9. The third-order valence-electron chi connectivity index (χ3n) is 3.34. The summed E-state index contributed by atoms with van der Waals surface area (Å²) < 4.78 is 15.7. The Kier molecular flexibility index (Phi) is 5.83. The van der Waals surface area contributed by atoms with Crippen LogP contribution in [0, 0.1) is 0 Å². The molecule has 0 saturated carbocycles. The van der Waals surface area contributed by atoms with E-state index in [9.17, 15) is 4.79 Å². The van der Waals surface area contributed by atoms with Gasteiger partial charge in [-0.05, 0) is 24.1 Å². The zero-order valence-corrected chi connectivity index (χ0v) is 12.9. The molecule has 0 fully saturated rings. The first-order valence-corrected chi connectivity index (χ1v) is 7.13. The molecule has 0 aliphatic heterocycles. The van der Waals surface area contributed by atoms with E-state index < -0.39 is 0 Å². The van der Waals surface area contributed by atoms with Crippen LogP contribution in [0.3, 0.4) is 0 Å². The lowest BCUT2D eigenvalue weighted by atomic mass is 10.1. The molecule has 2 rings (SSSR count). The van der Waals surface area contributed by atoms with Crippen LogP contribution in [0.5, 0.6) is 11.5 Å². The van der Waals surface area contributed by atoms with E-state index in [4.69, 9.17) is 14.2 Å². The van der Waals surface area contributed by atoms with Gasteiger partial charge in [-0.25, -0.2) is 0 Å². The number of esters is 1. The van der Waals surface area contributed by atoms with Gasteiger partial charge in [0, 0.05) is 18.1 Å². The van der Waals surface area contributed by atoms with Gasteiger partial charge in [-0.15, -0.1) is 0 Å². The number of aryl methyl sites for hydroxylation is 1. The highest BCUT2D eigenvalue weighted by atomic mass is 16.5. The fourth-order valence-corrected chi connectivity index (χ4v) is 2.09. The highest BCUT2D eigenvalue weighted by Gasteiger charge is 2.09. The van der Waals surface area contributed by atoms with Crippen molar-refractivity contribution in [1.82, 2.24) is 0 Å². The molecule has 0 unspecified atom stereocenters. The van der Waals surface area contributed by atoms with Crippen molar-refractivity contribution < 1.29 is 19.0 Å². The summed E-state index contributed by atoms with van der Waals surface area (Å²) in [5.41, 5.74) is 1.94. The van der Waals surface area contributed by atoms with Gasteiger partial charge in [-0.1, -0.05) is 30.3 Å². The van der Waals surface area contributed by atoms with Gasteiger partial charge in [0.25, 0.3) is 0 Å². The molecule has 0 bridgehead atoms. The summed E-state index contributed by atoms with van der Waals surface area (Å²) in [6.07, 6.45) is 1.04. The summed E-state index contributed by atoms with van der Waals surface area (Å²) in [6.45, 7) is 0.195. The second-order valence-corrected chi connectivity index (χ2v) is 4.82. The Morgan fingerprint density at radius 1 is 1.00 bits per heavy atom. The molecule has 0 saturated heterocycles. The van der Waals surface area contributed by atoms with Gasteiger partial charge in [0.05, 0.1) is 14.2 Å². The van der Waals surface area contributed by atoms with Gasteiger partial charge in [-0.2, -0.15) is 0 Å². The largest absolute Gasteiger partial charge is 0.497 e. The Morgan fingerprint density at radius 3 is 2.45 bits per heavy atom. The Bertz CT molecular complexity index is 608. The average Bonchev–Trinajstić information content (AvgIpc) is 2.58. The summed E-state index contributed by atoms with van der Waals surface area (Å²) in [6, 6.07) is 15.3. The van der Waals surface area contributed by atoms with Crippen LogP contribution in [-0.2, 0) is 22.6 Å². The highest BCUT2D eigenvalue weighted by Crippen LogP contribution is 2.25. The number of benzene rings is 2. The van der Waals surface area contributed by atoms with Crippen molar-refractivity contribution in [2.45, 2.75) is 19.4 Å². The lowest BCUT2D eigenvalue weighted by Crippen LogP contribution is -2.06. The zero-order chi connectivity index (χ0) is 15.8. The van der Waals surface area contributed by atoms with Crippen LogP contribution in [0.25, 0.3) is 0 Å². The molecule has 2 aromatic rings. The molecule has 0 heterocycles. The van der Waals surface area contributed by atoms with E-state index in [1.807, 2.05) is 42.5 Å². The number of carbonyl (C=O) groups excluding carboxylic acids is 1. The van der Waals surface area contributed by atoms with Crippen molar-refractivity contribution in [2.24, 2.45) is 0 Å². The van der Waals surface area contributed by atoms with Gasteiger partial charge in [0.15, 0.2) is 0 Å². The second kappa shape index (κ2) is 8.08. The topological polar surface area (TPSA) is 44.8 Å². The SMILES string of the molecule is COc1ccc(COC(=O)CCc2ccccc2)c(OC)c1. The smallest absolute Gasteiger partial charge is 0.306 e. The first kappa shape index (κ1) is 15.9. The molecule has 2 aromatic carbocycles. The van der Waals surface area contributed by atoms with Crippen LogP contribution >= 0.6 is 0 Å². The van der Waals surface area contributed by atoms with Crippen LogP contribution in [-0.4, -0.2) is 20.2 Å². The lowest BCUT2D eigenvalue weighted by Gasteiger charge is -2.11. The van der Waals surface area contributed by atoms with E-state index in [1.165, 1.54) is 0 Å². The lowest BCUT2D eigenvalue weighted by molar-refractivity contribution is -0.144. The summed E-state index contributed by atoms with van der Waals surface area (Å²) in [4.78, 5) is 11.8. The molecule has 4 heteroatoms. The quantitative estimate of drug-likeness (QED) is 0.735. The first-order chi connectivity index (χ1) is 10.7. The van der Waals surface area contributed by atoms with Crippen LogP contribution in [0.1, 0.15) is 17.5 Å². The summed E-state index contributed by atoms with van der Waals surface area (Å²) in [7, 11) is 3.17. The minimum atomic E-state index is -0.221. The van der Waals surface area contributed by atoms with E-state index >= 15 is 0 Å². The van der Waals surface area contributed by atoms with E-state index in [2.05, 4.69) is 0 Å². The Morgan fingerprint density at radius 2 is 1.77 bits per heavy atom. The van der Waals surface area contributed by atoms with Gasteiger partial charge in [0.2, 0.25) is 0 Å². The fraction of sp³-hybridized carbons (Fsp3) is 0.278. The van der Waals surface area contributed by atoms with Crippen LogP contribution < -0.4 is 9.47 Å². The van der Waals surface area contributed by atoms with Crippen molar-refractivity contribution in [3.8, 4) is 11.5 Å². The van der Waals surface area contributed by atoms with Gasteiger partial charge in [0.1, 0.15) is 18.1 Å². The molecule has 0 radical (unpaired) electrons. The summed E-state index contributed by atoms with van der Waals surface area (Å²) >= 11 is 0. The number of ether oxygens (including phenoxy) is 3.